The van der Waals surface area contributed by atoms with Crippen molar-refractivity contribution in [3.05, 3.63) is 0 Å². The van der Waals surface area contributed by atoms with Gasteiger partial charge in [-0.3, -0.25) is 0 Å². The molecule has 2 heteroatoms. The van der Waals surface area contributed by atoms with Gasteiger partial charge < -0.3 is 10.2 Å². The van der Waals surface area contributed by atoms with Gasteiger partial charge in [-0.15, -0.1) is 0 Å². The van der Waals surface area contributed by atoms with Crippen LogP contribution >= 0.6 is 0 Å². The summed E-state index contributed by atoms with van der Waals surface area (Å²) in [7, 11) is 0. The van der Waals surface area contributed by atoms with Crippen LogP contribution in [0.1, 0.15) is 113 Å². The minimum Gasteiger partial charge on any atom is -0.390 e. The number of hydrogen-bond donors (Lipinski definition) is 2. The van der Waals surface area contributed by atoms with Crippen molar-refractivity contribution in [1.29, 1.82) is 0 Å². The maximum Gasteiger partial charge on any atom is 0.0910 e. The molecule has 0 saturated heterocycles. The smallest absolute Gasteiger partial charge is 0.0910 e. The van der Waals surface area contributed by atoms with Crippen LogP contribution in [0.5, 0.6) is 0 Å². The second kappa shape index (κ2) is 8.30. The van der Waals surface area contributed by atoms with E-state index < -0.39 is 11.7 Å². The fraction of sp³-hybridized carbons (Fsp3) is 1.00. The fourth-order valence-electron chi connectivity index (χ4n) is 9.78. The molecule has 4 fully saturated rings. The number of rotatable bonds is 5. The van der Waals surface area contributed by atoms with Crippen molar-refractivity contribution in [2.75, 3.05) is 0 Å². The molecule has 0 amide bonds. The van der Waals surface area contributed by atoms with Crippen molar-refractivity contribution in [2.45, 2.75) is 124 Å². The molecule has 4 rings (SSSR count). The molecule has 0 aromatic heterocycles. The lowest BCUT2D eigenvalue weighted by Crippen LogP contribution is -2.63. The van der Waals surface area contributed by atoms with E-state index in [1.807, 2.05) is 6.92 Å². The first-order chi connectivity index (χ1) is 14.4. The molecule has 0 spiro atoms. The number of fused-ring (bicyclic) bond motifs is 5. The molecule has 0 aromatic carbocycles. The first kappa shape index (κ1) is 24.1. The predicted molar refractivity (Wildman–Crippen MR) is 130 cm³/mol. The predicted octanol–water partition coefficient (Wildman–Crippen LogP) is 7.08. The number of aliphatic hydroxyl groups is 2. The van der Waals surface area contributed by atoms with E-state index in [-0.39, 0.29) is 11.3 Å². The van der Waals surface area contributed by atoms with E-state index in [1.165, 1.54) is 44.9 Å². The Morgan fingerprint density at radius 3 is 2.10 bits per heavy atom. The zero-order valence-electron chi connectivity index (χ0n) is 21.7. The van der Waals surface area contributed by atoms with Crippen LogP contribution in [-0.4, -0.2) is 21.9 Å². The molecule has 0 aromatic rings. The Kier molecular flexibility index (Phi) is 6.44. The molecule has 0 heterocycles. The summed E-state index contributed by atoms with van der Waals surface area (Å²) < 4.78 is 0. The maximum absolute atomic E-state index is 11.2. The van der Waals surface area contributed by atoms with Gasteiger partial charge in [-0.05, 0) is 116 Å². The molecule has 0 bridgehead atoms. The number of aliphatic hydroxyl groups excluding tert-OH is 1. The van der Waals surface area contributed by atoms with Gasteiger partial charge in [0, 0.05) is 0 Å². The standard InChI is InChI=1S/C29H52O2/c1-18(2)19(3)8-9-20(4)22-11-12-23-21-10-13-25-28(6,17-15-26(30)29(25,7)31)24(21)14-16-27(22,23)5/h18-26,30-31H,8-17H2,1-7H3/t19-,20+,21?,22?,23?,24?,25+,26-,27+,28+,29+/m0/s1. The molecule has 11 atom stereocenters. The van der Waals surface area contributed by atoms with Crippen molar-refractivity contribution in [1.82, 2.24) is 0 Å². The van der Waals surface area contributed by atoms with Gasteiger partial charge in [0.1, 0.15) is 0 Å². The van der Waals surface area contributed by atoms with Crippen LogP contribution in [0.2, 0.25) is 0 Å². The van der Waals surface area contributed by atoms with Crippen LogP contribution in [0.4, 0.5) is 0 Å². The molecular weight excluding hydrogens is 380 g/mol. The molecule has 2 N–H and O–H groups in total. The lowest BCUT2D eigenvalue weighted by Gasteiger charge is -2.64. The third-order valence-corrected chi connectivity index (χ3v) is 12.2. The van der Waals surface area contributed by atoms with Gasteiger partial charge in [0.05, 0.1) is 11.7 Å². The summed E-state index contributed by atoms with van der Waals surface area (Å²) in [5.74, 6) is 6.14. The molecule has 4 unspecified atom stereocenters. The molecule has 2 nitrogen and oxygen atoms in total. The topological polar surface area (TPSA) is 40.5 Å². The summed E-state index contributed by atoms with van der Waals surface area (Å²) >= 11 is 0. The van der Waals surface area contributed by atoms with E-state index in [4.69, 9.17) is 0 Å². The van der Waals surface area contributed by atoms with Gasteiger partial charge in [-0.1, -0.05) is 54.4 Å². The van der Waals surface area contributed by atoms with Crippen LogP contribution in [0.15, 0.2) is 0 Å². The second-order valence-corrected chi connectivity index (χ2v) is 13.8. The molecular formula is C29H52O2. The van der Waals surface area contributed by atoms with Crippen LogP contribution in [0, 0.1) is 58.2 Å². The van der Waals surface area contributed by atoms with Gasteiger partial charge >= 0.3 is 0 Å². The average molecular weight is 433 g/mol. The summed E-state index contributed by atoms with van der Waals surface area (Å²) in [5, 5.41) is 21.8. The minimum atomic E-state index is -0.904. The van der Waals surface area contributed by atoms with Crippen molar-refractivity contribution < 1.29 is 10.2 Å². The third-order valence-electron chi connectivity index (χ3n) is 12.2. The minimum absolute atomic E-state index is 0.212. The summed E-state index contributed by atoms with van der Waals surface area (Å²) in [5.41, 5.74) is -0.163. The summed E-state index contributed by atoms with van der Waals surface area (Å²) in [4.78, 5) is 0. The SMILES string of the molecule is CC(C)[C@@H](C)CC[C@@H](C)C1CCC2C3CC[C@H]4[C@@](C)(O)[C@@H](O)CC[C@]4(C)C3CC[C@@]21C. The van der Waals surface area contributed by atoms with Gasteiger partial charge in [0.2, 0.25) is 0 Å². The first-order valence-corrected chi connectivity index (χ1v) is 13.8. The Hall–Kier alpha value is -0.0800. The van der Waals surface area contributed by atoms with Crippen LogP contribution in [0.3, 0.4) is 0 Å². The monoisotopic (exact) mass is 432 g/mol. The highest BCUT2D eigenvalue weighted by Crippen LogP contribution is 2.69. The largest absolute Gasteiger partial charge is 0.390 e. The maximum atomic E-state index is 11.2. The van der Waals surface area contributed by atoms with E-state index in [2.05, 4.69) is 41.5 Å². The van der Waals surface area contributed by atoms with Crippen LogP contribution in [-0.2, 0) is 0 Å². The van der Waals surface area contributed by atoms with E-state index in [0.717, 1.165) is 60.7 Å². The van der Waals surface area contributed by atoms with Crippen LogP contribution in [0.25, 0.3) is 0 Å². The lowest BCUT2D eigenvalue weighted by atomic mass is 9.42. The van der Waals surface area contributed by atoms with E-state index in [1.54, 1.807) is 0 Å². The highest BCUT2D eigenvalue weighted by Gasteiger charge is 2.64. The second-order valence-electron chi connectivity index (χ2n) is 13.8. The fourth-order valence-corrected chi connectivity index (χ4v) is 9.78. The zero-order chi connectivity index (χ0) is 22.8. The van der Waals surface area contributed by atoms with Gasteiger partial charge in [-0.25, -0.2) is 0 Å². The van der Waals surface area contributed by atoms with Gasteiger partial charge in [0.15, 0.2) is 0 Å². The molecule has 4 aliphatic rings. The third kappa shape index (κ3) is 3.74. The van der Waals surface area contributed by atoms with Gasteiger partial charge in [0.25, 0.3) is 0 Å². The summed E-state index contributed by atoms with van der Waals surface area (Å²) in [6.07, 6.45) is 12.1. The molecule has 180 valence electrons. The van der Waals surface area contributed by atoms with E-state index in [9.17, 15) is 10.2 Å². The highest BCUT2D eigenvalue weighted by molar-refractivity contribution is 5.13. The highest BCUT2D eigenvalue weighted by atomic mass is 16.3. The van der Waals surface area contributed by atoms with Crippen molar-refractivity contribution in [2.24, 2.45) is 58.2 Å². The Bertz CT molecular complexity index is 641. The Morgan fingerprint density at radius 2 is 1.42 bits per heavy atom. The van der Waals surface area contributed by atoms with E-state index in [0.29, 0.717) is 5.41 Å². The first-order valence-electron chi connectivity index (χ1n) is 13.8. The van der Waals surface area contributed by atoms with Crippen molar-refractivity contribution in [3.8, 4) is 0 Å². The Morgan fingerprint density at radius 1 is 0.774 bits per heavy atom. The molecule has 0 radical (unpaired) electrons. The molecule has 4 aliphatic carbocycles. The van der Waals surface area contributed by atoms with Crippen LogP contribution < -0.4 is 0 Å². The van der Waals surface area contributed by atoms with E-state index >= 15 is 0 Å². The molecule has 4 saturated carbocycles. The van der Waals surface area contributed by atoms with Crippen molar-refractivity contribution in [3.63, 3.8) is 0 Å². The quantitative estimate of drug-likeness (QED) is 0.487. The van der Waals surface area contributed by atoms with Crippen molar-refractivity contribution >= 4 is 0 Å². The Balaban J connectivity index is 1.49. The molecule has 31 heavy (non-hydrogen) atoms. The van der Waals surface area contributed by atoms with Gasteiger partial charge in [-0.2, -0.15) is 0 Å². The summed E-state index contributed by atoms with van der Waals surface area (Å²) in [6, 6.07) is 0. The summed E-state index contributed by atoms with van der Waals surface area (Å²) in [6.45, 7) is 16.8. The normalized spacial score (nSPS) is 51.7. The Labute approximate surface area is 193 Å². The molecule has 0 aliphatic heterocycles. The number of hydrogen-bond acceptors (Lipinski definition) is 2. The average Bonchev–Trinajstić information content (AvgIpc) is 3.06. The zero-order valence-corrected chi connectivity index (χ0v) is 21.7. The lowest BCUT2D eigenvalue weighted by molar-refractivity contribution is -0.217.